The van der Waals surface area contributed by atoms with Crippen LogP contribution in [0, 0.1) is 0 Å². The summed E-state index contributed by atoms with van der Waals surface area (Å²) in [5, 5.41) is 3.22. The monoisotopic (exact) mass is 252 g/mol. The van der Waals surface area contributed by atoms with Crippen molar-refractivity contribution in [2.24, 2.45) is 0 Å². The first-order valence-corrected chi connectivity index (χ1v) is 5.01. The average Bonchev–Trinajstić information content (AvgIpc) is 2.67. The summed E-state index contributed by atoms with van der Waals surface area (Å²) in [6, 6.07) is 7.98. The van der Waals surface area contributed by atoms with E-state index < -0.39 is 0 Å². The molecule has 0 aliphatic carbocycles. The fourth-order valence-electron chi connectivity index (χ4n) is 1.12. The zero-order valence-electron chi connectivity index (χ0n) is 7.40. The molecular weight excluding hydrogens is 244 g/mol. The molecule has 1 N–H and O–H groups in total. The highest BCUT2D eigenvalue weighted by molar-refractivity contribution is 9.10. The van der Waals surface area contributed by atoms with Crippen molar-refractivity contribution in [3.05, 3.63) is 47.1 Å². The van der Waals surface area contributed by atoms with Crippen LogP contribution in [-0.2, 0) is 6.54 Å². The molecule has 0 fully saturated rings. The molecule has 4 heteroatoms. The largest absolute Gasteiger partial charge is 0.447 e. The van der Waals surface area contributed by atoms with Crippen molar-refractivity contribution in [3.8, 4) is 0 Å². The maximum Gasteiger partial charge on any atom is 0.180 e. The third-order valence-corrected chi connectivity index (χ3v) is 2.27. The molecule has 0 saturated carbocycles. The predicted molar refractivity (Wildman–Crippen MR) is 58.0 cm³/mol. The Balaban J connectivity index is 1.98. The molecule has 2 rings (SSSR count). The molecule has 14 heavy (non-hydrogen) atoms. The molecule has 1 aromatic carbocycles. The van der Waals surface area contributed by atoms with Gasteiger partial charge < -0.3 is 9.73 Å². The SMILES string of the molecule is Brc1cccc(NCc2cnco2)c1. The Bertz CT molecular complexity index is 400. The summed E-state index contributed by atoms with van der Waals surface area (Å²) in [6.45, 7) is 0.649. The van der Waals surface area contributed by atoms with E-state index in [4.69, 9.17) is 4.42 Å². The van der Waals surface area contributed by atoms with Gasteiger partial charge in [0.15, 0.2) is 6.39 Å². The summed E-state index contributed by atoms with van der Waals surface area (Å²) in [7, 11) is 0. The van der Waals surface area contributed by atoms with Gasteiger partial charge in [-0.2, -0.15) is 0 Å². The second-order valence-electron chi connectivity index (χ2n) is 2.83. The van der Waals surface area contributed by atoms with Gasteiger partial charge in [-0.15, -0.1) is 0 Å². The highest BCUT2D eigenvalue weighted by atomic mass is 79.9. The molecule has 0 saturated heterocycles. The standard InChI is InChI=1S/C10H9BrN2O/c11-8-2-1-3-9(4-8)13-6-10-5-12-7-14-10/h1-5,7,13H,6H2. The molecular formula is C10H9BrN2O. The van der Waals surface area contributed by atoms with Crippen LogP contribution in [0.5, 0.6) is 0 Å². The fourth-order valence-corrected chi connectivity index (χ4v) is 1.52. The molecule has 1 aromatic heterocycles. The molecule has 0 spiro atoms. The lowest BCUT2D eigenvalue weighted by Gasteiger charge is -2.03. The number of anilines is 1. The van der Waals surface area contributed by atoms with Gasteiger partial charge in [0.2, 0.25) is 0 Å². The summed E-state index contributed by atoms with van der Waals surface area (Å²) in [6.07, 6.45) is 3.13. The van der Waals surface area contributed by atoms with E-state index in [1.165, 1.54) is 6.39 Å². The third kappa shape index (κ3) is 2.35. The zero-order valence-corrected chi connectivity index (χ0v) is 8.99. The van der Waals surface area contributed by atoms with Crippen molar-refractivity contribution in [2.75, 3.05) is 5.32 Å². The van der Waals surface area contributed by atoms with Gasteiger partial charge in [0.1, 0.15) is 5.76 Å². The van der Waals surface area contributed by atoms with Crippen LogP contribution in [-0.4, -0.2) is 4.98 Å². The first-order valence-electron chi connectivity index (χ1n) is 4.21. The van der Waals surface area contributed by atoms with Gasteiger partial charge in [-0.25, -0.2) is 4.98 Å². The minimum Gasteiger partial charge on any atom is -0.447 e. The maximum absolute atomic E-state index is 5.10. The topological polar surface area (TPSA) is 38.1 Å². The van der Waals surface area contributed by atoms with Gasteiger partial charge >= 0.3 is 0 Å². The number of halogens is 1. The quantitative estimate of drug-likeness (QED) is 0.913. The van der Waals surface area contributed by atoms with Crippen LogP contribution in [0.1, 0.15) is 5.76 Å². The van der Waals surface area contributed by atoms with E-state index in [9.17, 15) is 0 Å². The summed E-state index contributed by atoms with van der Waals surface area (Å²) < 4.78 is 6.16. The van der Waals surface area contributed by atoms with Gasteiger partial charge in [0, 0.05) is 10.2 Å². The highest BCUT2D eigenvalue weighted by Gasteiger charge is 1.96. The van der Waals surface area contributed by atoms with Crippen LogP contribution in [0.25, 0.3) is 0 Å². The van der Waals surface area contributed by atoms with E-state index in [1.807, 2.05) is 24.3 Å². The average molecular weight is 253 g/mol. The van der Waals surface area contributed by atoms with E-state index >= 15 is 0 Å². The Hall–Kier alpha value is -1.29. The molecule has 0 amide bonds. The number of benzene rings is 1. The van der Waals surface area contributed by atoms with Crippen molar-refractivity contribution in [3.63, 3.8) is 0 Å². The van der Waals surface area contributed by atoms with Crippen LogP contribution < -0.4 is 5.32 Å². The van der Waals surface area contributed by atoms with E-state index in [0.717, 1.165) is 15.9 Å². The lowest BCUT2D eigenvalue weighted by molar-refractivity contribution is 0.512. The molecule has 0 aliphatic heterocycles. The van der Waals surface area contributed by atoms with Crippen molar-refractivity contribution in [2.45, 2.75) is 6.54 Å². The van der Waals surface area contributed by atoms with Crippen molar-refractivity contribution >= 4 is 21.6 Å². The van der Waals surface area contributed by atoms with Gasteiger partial charge in [0.05, 0.1) is 12.7 Å². The Morgan fingerprint density at radius 3 is 3.07 bits per heavy atom. The second kappa shape index (κ2) is 4.28. The Morgan fingerprint density at radius 1 is 1.43 bits per heavy atom. The number of nitrogens with one attached hydrogen (secondary N) is 1. The third-order valence-electron chi connectivity index (χ3n) is 1.77. The second-order valence-corrected chi connectivity index (χ2v) is 3.75. The fraction of sp³-hybridized carbons (Fsp3) is 0.100. The number of hydrogen-bond acceptors (Lipinski definition) is 3. The van der Waals surface area contributed by atoms with Crippen LogP contribution in [0.4, 0.5) is 5.69 Å². The van der Waals surface area contributed by atoms with Crippen LogP contribution in [0.2, 0.25) is 0 Å². The lowest BCUT2D eigenvalue weighted by Crippen LogP contribution is -1.97. The summed E-state index contributed by atoms with van der Waals surface area (Å²) >= 11 is 3.41. The molecule has 3 nitrogen and oxygen atoms in total. The summed E-state index contributed by atoms with van der Waals surface area (Å²) in [5.74, 6) is 0.824. The zero-order chi connectivity index (χ0) is 9.80. The van der Waals surface area contributed by atoms with Crippen molar-refractivity contribution in [1.82, 2.24) is 4.98 Å². The maximum atomic E-state index is 5.10. The Morgan fingerprint density at radius 2 is 2.36 bits per heavy atom. The van der Waals surface area contributed by atoms with E-state index in [0.29, 0.717) is 6.54 Å². The van der Waals surface area contributed by atoms with E-state index in [2.05, 4.69) is 26.2 Å². The van der Waals surface area contributed by atoms with Crippen molar-refractivity contribution < 1.29 is 4.42 Å². The summed E-state index contributed by atoms with van der Waals surface area (Å²) in [5.41, 5.74) is 1.05. The minimum atomic E-state index is 0.649. The first-order chi connectivity index (χ1) is 6.84. The van der Waals surface area contributed by atoms with Crippen molar-refractivity contribution in [1.29, 1.82) is 0 Å². The summed E-state index contributed by atoms with van der Waals surface area (Å²) in [4.78, 5) is 3.84. The molecule has 0 unspecified atom stereocenters. The Kier molecular flexibility index (Phi) is 2.84. The smallest absolute Gasteiger partial charge is 0.180 e. The molecule has 72 valence electrons. The van der Waals surface area contributed by atoms with E-state index in [1.54, 1.807) is 6.20 Å². The molecule has 2 aromatic rings. The number of nitrogens with zero attached hydrogens (tertiary/aromatic N) is 1. The minimum absolute atomic E-state index is 0.649. The normalized spacial score (nSPS) is 10.1. The Labute approximate surface area is 90.3 Å². The molecule has 0 aliphatic rings. The molecule has 0 atom stereocenters. The van der Waals surface area contributed by atoms with Crippen LogP contribution in [0.3, 0.4) is 0 Å². The molecule has 1 heterocycles. The number of rotatable bonds is 3. The van der Waals surface area contributed by atoms with Gasteiger partial charge in [0.25, 0.3) is 0 Å². The number of hydrogen-bond donors (Lipinski definition) is 1. The lowest BCUT2D eigenvalue weighted by atomic mass is 10.3. The highest BCUT2D eigenvalue weighted by Crippen LogP contribution is 2.16. The molecule has 0 radical (unpaired) electrons. The van der Waals surface area contributed by atoms with Gasteiger partial charge in [-0.05, 0) is 18.2 Å². The van der Waals surface area contributed by atoms with E-state index in [-0.39, 0.29) is 0 Å². The van der Waals surface area contributed by atoms with Crippen LogP contribution >= 0.6 is 15.9 Å². The number of oxazole rings is 1. The van der Waals surface area contributed by atoms with Gasteiger partial charge in [-0.1, -0.05) is 22.0 Å². The van der Waals surface area contributed by atoms with Crippen LogP contribution in [0.15, 0.2) is 45.7 Å². The first kappa shape index (κ1) is 9.27. The number of aromatic nitrogens is 1. The van der Waals surface area contributed by atoms with Gasteiger partial charge in [-0.3, -0.25) is 0 Å². The predicted octanol–water partition coefficient (Wildman–Crippen LogP) is 3.05. The molecule has 0 bridgehead atoms.